The number of amides is 1. The van der Waals surface area contributed by atoms with Crippen molar-refractivity contribution in [3.05, 3.63) is 40.5 Å². The van der Waals surface area contributed by atoms with Crippen LogP contribution in [0.3, 0.4) is 0 Å². The van der Waals surface area contributed by atoms with Gasteiger partial charge in [0.05, 0.1) is 32.3 Å². The van der Waals surface area contributed by atoms with E-state index in [0.717, 1.165) is 80.2 Å². The number of benzene rings is 1. The van der Waals surface area contributed by atoms with Crippen LogP contribution < -0.4 is 9.47 Å². The summed E-state index contributed by atoms with van der Waals surface area (Å²) in [5, 5.41) is 0. The second-order valence-corrected chi connectivity index (χ2v) is 14.3. The predicted octanol–water partition coefficient (Wildman–Crippen LogP) is 6.25. The van der Waals surface area contributed by atoms with Gasteiger partial charge in [-0.3, -0.25) is 14.6 Å². The minimum absolute atomic E-state index is 0.0581. The maximum atomic E-state index is 14.0. The Balaban J connectivity index is 1.17. The highest BCUT2D eigenvalue weighted by molar-refractivity contribution is 8.26. The van der Waals surface area contributed by atoms with Gasteiger partial charge in [-0.25, -0.2) is 0 Å². The molecule has 0 unspecified atom stereocenters. The van der Waals surface area contributed by atoms with Crippen molar-refractivity contribution in [2.45, 2.75) is 51.0 Å². The molecule has 8 rings (SSSR count). The van der Waals surface area contributed by atoms with Gasteiger partial charge < -0.3 is 18.6 Å². The first kappa shape index (κ1) is 28.4. The molecule has 6 aliphatic rings. The van der Waals surface area contributed by atoms with Crippen molar-refractivity contribution in [2.24, 2.45) is 23.7 Å². The van der Waals surface area contributed by atoms with Gasteiger partial charge in [-0.1, -0.05) is 24.0 Å². The SMILES string of the molecule is COc1cc(OC)cc(-c2cc(CCCN3CCOCC3)c(C=C3SC(=S)N(C4C5CC6CC(C5)CC4C6)C3=O)o2)c1. The Morgan fingerprint density at radius 2 is 1.64 bits per heavy atom. The van der Waals surface area contributed by atoms with Crippen molar-refractivity contribution in [1.82, 2.24) is 9.80 Å². The predicted molar refractivity (Wildman–Crippen MR) is 169 cm³/mol. The highest BCUT2D eigenvalue weighted by atomic mass is 32.2. The third-order valence-electron chi connectivity index (χ3n) is 10.1. The molecule has 0 atom stereocenters. The number of methoxy groups -OCH3 is 2. The number of carbonyl (C=O) groups excluding carboxylic acids is 1. The number of hydrogen-bond donors (Lipinski definition) is 0. The average molecular weight is 609 g/mol. The molecule has 42 heavy (non-hydrogen) atoms. The summed E-state index contributed by atoms with van der Waals surface area (Å²) in [5.41, 5.74) is 1.97. The van der Waals surface area contributed by atoms with Crippen LogP contribution in [-0.4, -0.2) is 73.1 Å². The number of nitrogens with zero attached hydrogens (tertiary/aromatic N) is 2. The molecule has 9 heteroatoms. The van der Waals surface area contributed by atoms with E-state index >= 15 is 0 Å². The highest BCUT2D eigenvalue weighted by Gasteiger charge is 2.53. The molecule has 4 aliphatic carbocycles. The minimum Gasteiger partial charge on any atom is -0.497 e. The van der Waals surface area contributed by atoms with Crippen LogP contribution in [0.25, 0.3) is 17.4 Å². The molecule has 4 saturated carbocycles. The molecular weight excluding hydrogens is 569 g/mol. The molecule has 3 heterocycles. The van der Waals surface area contributed by atoms with Crippen LogP contribution in [0.15, 0.2) is 33.6 Å². The van der Waals surface area contributed by atoms with Crippen LogP contribution in [0, 0.1) is 23.7 Å². The third-order valence-corrected chi connectivity index (χ3v) is 11.4. The van der Waals surface area contributed by atoms with E-state index in [1.165, 1.54) is 43.9 Å². The van der Waals surface area contributed by atoms with Gasteiger partial charge in [0.2, 0.25) is 0 Å². The van der Waals surface area contributed by atoms with E-state index in [-0.39, 0.29) is 11.9 Å². The average Bonchev–Trinajstić information content (AvgIpc) is 3.52. The van der Waals surface area contributed by atoms with E-state index < -0.39 is 0 Å². The first-order valence-electron chi connectivity index (χ1n) is 15.4. The molecule has 1 amide bonds. The van der Waals surface area contributed by atoms with Gasteiger partial charge in [-0.2, -0.15) is 0 Å². The molecule has 1 aromatic carbocycles. The quantitative estimate of drug-likeness (QED) is 0.244. The number of thiocarbonyl (C=S) groups is 1. The van der Waals surface area contributed by atoms with E-state index in [0.29, 0.717) is 32.6 Å². The molecule has 224 valence electrons. The van der Waals surface area contributed by atoms with Gasteiger partial charge in [0.15, 0.2) is 0 Å². The van der Waals surface area contributed by atoms with Crippen LogP contribution in [0.5, 0.6) is 11.5 Å². The summed E-state index contributed by atoms with van der Waals surface area (Å²) >= 11 is 7.32. The third kappa shape index (κ3) is 5.53. The van der Waals surface area contributed by atoms with Gasteiger partial charge >= 0.3 is 0 Å². The molecule has 4 bridgehead atoms. The second-order valence-electron chi connectivity index (χ2n) is 12.6. The topological polar surface area (TPSA) is 64.4 Å². The van der Waals surface area contributed by atoms with Gasteiger partial charge in [-0.15, -0.1) is 0 Å². The van der Waals surface area contributed by atoms with Gasteiger partial charge in [0.1, 0.15) is 27.3 Å². The number of morpholine rings is 1. The van der Waals surface area contributed by atoms with Crippen LogP contribution in [0.4, 0.5) is 0 Å². The van der Waals surface area contributed by atoms with Gasteiger partial charge in [-0.05, 0) is 98.9 Å². The van der Waals surface area contributed by atoms with Gasteiger partial charge in [0, 0.05) is 36.8 Å². The normalized spacial score (nSPS) is 30.1. The summed E-state index contributed by atoms with van der Waals surface area (Å²) in [6.45, 7) is 4.54. The lowest BCUT2D eigenvalue weighted by molar-refractivity contribution is -0.130. The van der Waals surface area contributed by atoms with Crippen molar-refractivity contribution >= 4 is 40.3 Å². The molecule has 2 saturated heterocycles. The van der Waals surface area contributed by atoms with E-state index in [1.807, 2.05) is 29.2 Å². The Morgan fingerprint density at radius 1 is 0.976 bits per heavy atom. The summed E-state index contributed by atoms with van der Waals surface area (Å²) in [5.74, 6) is 5.83. The fourth-order valence-corrected chi connectivity index (χ4v) is 9.66. The summed E-state index contributed by atoms with van der Waals surface area (Å²) in [7, 11) is 3.30. The zero-order valence-electron chi connectivity index (χ0n) is 24.5. The van der Waals surface area contributed by atoms with Crippen molar-refractivity contribution < 1.29 is 23.4 Å². The Labute approximate surface area is 257 Å². The van der Waals surface area contributed by atoms with Crippen molar-refractivity contribution in [1.29, 1.82) is 0 Å². The van der Waals surface area contributed by atoms with E-state index in [4.69, 9.17) is 30.8 Å². The smallest absolute Gasteiger partial charge is 0.266 e. The number of aryl methyl sites for hydroxylation is 1. The van der Waals surface area contributed by atoms with Crippen LogP contribution in [-0.2, 0) is 16.0 Å². The van der Waals surface area contributed by atoms with Crippen LogP contribution >= 0.6 is 24.0 Å². The number of rotatable bonds is 9. The number of thioether (sulfide) groups is 1. The number of furan rings is 1. The van der Waals surface area contributed by atoms with Crippen molar-refractivity contribution in [3.8, 4) is 22.8 Å². The Kier molecular flexibility index (Phi) is 8.11. The molecule has 1 aromatic heterocycles. The van der Waals surface area contributed by atoms with Crippen molar-refractivity contribution in [3.63, 3.8) is 0 Å². The standard InChI is InChI=1S/C33H40N2O5S2/c1-37-26-15-23(16-27(18-26)38-2)28-17-22(4-3-5-34-6-8-39-9-7-34)29(40-28)19-30-32(36)35(33(41)42-30)31-24-11-20-10-21(13-24)14-25(31)12-20/h15-21,24-25,31H,3-14H2,1-2H3. The Bertz CT molecular complexity index is 1330. The molecular formula is C33H40N2O5S2. The van der Waals surface area contributed by atoms with Crippen LogP contribution in [0.1, 0.15) is 49.8 Å². The first-order chi connectivity index (χ1) is 20.5. The second kappa shape index (κ2) is 12.0. The highest BCUT2D eigenvalue weighted by Crippen LogP contribution is 2.56. The van der Waals surface area contributed by atoms with E-state index in [2.05, 4.69) is 11.0 Å². The molecule has 7 nitrogen and oxygen atoms in total. The molecule has 6 fully saturated rings. The van der Waals surface area contributed by atoms with Gasteiger partial charge in [0.25, 0.3) is 5.91 Å². The van der Waals surface area contributed by atoms with Crippen LogP contribution in [0.2, 0.25) is 0 Å². The zero-order valence-corrected chi connectivity index (χ0v) is 26.1. The van der Waals surface area contributed by atoms with E-state index in [9.17, 15) is 4.79 Å². The molecule has 0 spiro atoms. The summed E-state index contributed by atoms with van der Waals surface area (Å²) in [6.07, 6.45) is 10.2. The number of hydrogen-bond acceptors (Lipinski definition) is 8. The lowest BCUT2D eigenvalue weighted by Gasteiger charge is -2.56. The fraction of sp³-hybridized carbons (Fsp3) is 0.576. The molecule has 0 radical (unpaired) electrons. The number of carbonyl (C=O) groups is 1. The maximum Gasteiger partial charge on any atom is 0.266 e. The largest absolute Gasteiger partial charge is 0.497 e. The fourth-order valence-electron chi connectivity index (χ4n) is 8.34. The maximum absolute atomic E-state index is 14.0. The molecule has 2 aromatic rings. The van der Waals surface area contributed by atoms with Crippen molar-refractivity contribution in [2.75, 3.05) is 47.1 Å². The first-order valence-corrected chi connectivity index (χ1v) is 16.6. The monoisotopic (exact) mass is 608 g/mol. The molecule has 2 aliphatic heterocycles. The lowest BCUT2D eigenvalue weighted by atomic mass is 9.54. The number of ether oxygens (including phenoxy) is 3. The summed E-state index contributed by atoms with van der Waals surface area (Å²) < 4.78 is 23.8. The Hall–Kier alpha value is -2.33. The molecule has 0 N–H and O–H groups in total. The zero-order chi connectivity index (χ0) is 28.8. The Morgan fingerprint density at radius 3 is 2.29 bits per heavy atom. The van der Waals surface area contributed by atoms with E-state index in [1.54, 1.807) is 14.2 Å². The minimum atomic E-state index is 0.0581. The summed E-state index contributed by atoms with van der Waals surface area (Å²) in [6, 6.07) is 8.13. The lowest BCUT2D eigenvalue weighted by Crippen LogP contribution is -2.57. The summed E-state index contributed by atoms with van der Waals surface area (Å²) in [4.78, 5) is 19.1.